The van der Waals surface area contributed by atoms with Gasteiger partial charge in [0.1, 0.15) is 5.82 Å². The minimum atomic E-state index is -0.305. The molecule has 0 aliphatic carbocycles. The maximum Gasteiger partial charge on any atom is 0.188 e. The van der Waals surface area contributed by atoms with Gasteiger partial charge < -0.3 is 11.1 Å². The summed E-state index contributed by atoms with van der Waals surface area (Å²) in [6.45, 7) is 4.38. The van der Waals surface area contributed by atoms with Crippen molar-refractivity contribution in [2.24, 2.45) is 5.73 Å². The van der Waals surface area contributed by atoms with Gasteiger partial charge in [-0.3, -0.25) is 0 Å². The molecule has 0 atom stereocenters. The van der Waals surface area contributed by atoms with Crippen LogP contribution in [0.15, 0.2) is 35.6 Å². The maximum atomic E-state index is 13.5. The lowest BCUT2D eigenvalue weighted by atomic mass is 10.0. The highest BCUT2D eigenvalue weighted by Crippen LogP contribution is 2.32. The van der Waals surface area contributed by atoms with Crippen LogP contribution in [0.4, 0.5) is 9.52 Å². The topological polar surface area (TPSA) is 76.7 Å². The first-order valence-electron chi connectivity index (χ1n) is 8.15. The number of rotatable bonds is 6. The van der Waals surface area contributed by atoms with Gasteiger partial charge in [0, 0.05) is 24.3 Å². The summed E-state index contributed by atoms with van der Waals surface area (Å²) >= 11 is 3.00. The number of aromatic nitrogens is 3. The Bertz CT molecular complexity index is 910. The summed E-state index contributed by atoms with van der Waals surface area (Å²) in [5, 5.41) is 4.80. The number of anilines is 1. The second kappa shape index (κ2) is 8.11. The average Bonchev–Trinajstić information content (AvgIpc) is 3.08. The first kappa shape index (κ1) is 18.8. The van der Waals surface area contributed by atoms with Crippen molar-refractivity contribution in [2.45, 2.75) is 31.6 Å². The Morgan fingerprint density at radius 1 is 1.23 bits per heavy atom. The minimum absolute atomic E-state index is 0.240. The van der Waals surface area contributed by atoms with Gasteiger partial charge in [0.05, 0.1) is 16.3 Å². The van der Waals surface area contributed by atoms with E-state index in [-0.39, 0.29) is 12.4 Å². The summed E-state index contributed by atoms with van der Waals surface area (Å²) in [5.41, 5.74) is 8.85. The van der Waals surface area contributed by atoms with E-state index in [1.165, 1.54) is 23.9 Å². The Morgan fingerprint density at radius 2 is 2.00 bits per heavy atom. The van der Waals surface area contributed by atoms with Gasteiger partial charge in [-0.2, -0.15) is 0 Å². The molecule has 8 heteroatoms. The van der Waals surface area contributed by atoms with Gasteiger partial charge in [0.2, 0.25) is 0 Å². The summed E-state index contributed by atoms with van der Waals surface area (Å²) in [6.07, 6.45) is 3.73. The molecule has 0 aliphatic rings. The smallest absolute Gasteiger partial charge is 0.188 e. The SMILES string of the molecule is CSc1nc(-c2cnc(NC(C)C)s2)cc(-c2ccc(F)cc2CN)n1. The van der Waals surface area contributed by atoms with Crippen molar-refractivity contribution in [3.8, 4) is 21.8 Å². The Kier molecular flexibility index (Phi) is 5.85. The fraction of sp³-hybridized carbons (Fsp3) is 0.278. The Morgan fingerprint density at radius 3 is 2.69 bits per heavy atom. The molecule has 0 radical (unpaired) electrons. The van der Waals surface area contributed by atoms with E-state index < -0.39 is 0 Å². The van der Waals surface area contributed by atoms with E-state index in [0.29, 0.717) is 16.8 Å². The highest BCUT2D eigenvalue weighted by molar-refractivity contribution is 7.98. The van der Waals surface area contributed by atoms with Crippen molar-refractivity contribution in [2.75, 3.05) is 11.6 Å². The lowest BCUT2D eigenvalue weighted by Crippen LogP contribution is -2.08. The third kappa shape index (κ3) is 4.20. The van der Waals surface area contributed by atoms with Crippen LogP contribution in [0.25, 0.3) is 21.8 Å². The van der Waals surface area contributed by atoms with Crippen molar-refractivity contribution < 1.29 is 4.39 Å². The van der Waals surface area contributed by atoms with Gasteiger partial charge in [0.15, 0.2) is 10.3 Å². The molecule has 0 spiro atoms. The molecule has 26 heavy (non-hydrogen) atoms. The van der Waals surface area contributed by atoms with Crippen LogP contribution in [0.2, 0.25) is 0 Å². The van der Waals surface area contributed by atoms with Gasteiger partial charge in [-0.1, -0.05) is 23.1 Å². The number of benzene rings is 1. The third-order valence-electron chi connectivity index (χ3n) is 3.62. The van der Waals surface area contributed by atoms with E-state index in [2.05, 4.69) is 34.1 Å². The Labute approximate surface area is 160 Å². The van der Waals surface area contributed by atoms with E-state index >= 15 is 0 Å². The highest BCUT2D eigenvalue weighted by Gasteiger charge is 2.14. The second-order valence-corrected chi connectivity index (χ2v) is 7.76. The van der Waals surface area contributed by atoms with Crippen LogP contribution in [0.1, 0.15) is 19.4 Å². The normalized spacial score (nSPS) is 11.2. The van der Waals surface area contributed by atoms with Gasteiger partial charge in [-0.25, -0.2) is 19.3 Å². The molecule has 0 saturated carbocycles. The number of hydrogen-bond acceptors (Lipinski definition) is 7. The molecule has 0 amide bonds. The lowest BCUT2D eigenvalue weighted by molar-refractivity contribution is 0.625. The van der Waals surface area contributed by atoms with E-state index in [9.17, 15) is 4.39 Å². The molecular formula is C18H20FN5S2. The molecule has 2 heterocycles. The third-order valence-corrected chi connectivity index (χ3v) is 5.12. The van der Waals surface area contributed by atoms with E-state index in [1.807, 2.05) is 12.3 Å². The number of nitrogens with zero attached hydrogens (tertiary/aromatic N) is 3. The van der Waals surface area contributed by atoms with Crippen LogP contribution in [0.5, 0.6) is 0 Å². The summed E-state index contributed by atoms with van der Waals surface area (Å²) in [5.74, 6) is -0.305. The molecule has 2 aromatic heterocycles. The summed E-state index contributed by atoms with van der Waals surface area (Å²) in [4.78, 5) is 14.5. The number of thioether (sulfide) groups is 1. The second-order valence-electron chi connectivity index (χ2n) is 5.96. The zero-order valence-corrected chi connectivity index (χ0v) is 16.4. The van der Waals surface area contributed by atoms with Gasteiger partial charge >= 0.3 is 0 Å². The summed E-state index contributed by atoms with van der Waals surface area (Å²) < 4.78 is 13.5. The number of nitrogens with two attached hydrogens (primary N) is 1. The Balaban J connectivity index is 2.06. The molecule has 0 aliphatic heterocycles. The van der Waals surface area contributed by atoms with E-state index in [1.54, 1.807) is 23.6 Å². The predicted octanol–water partition coefficient (Wildman–Crippen LogP) is 4.41. The predicted molar refractivity (Wildman–Crippen MR) is 107 cm³/mol. The number of hydrogen-bond donors (Lipinski definition) is 2. The quantitative estimate of drug-likeness (QED) is 0.480. The van der Waals surface area contributed by atoms with Crippen molar-refractivity contribution in [1.29, 1.82) is 0 Å². The summed E-state index contributed by atoms with van der Waals surface area (Å²) in [6, 6.07) is 6.80. The molecule has 3 N–H and O–H groups in total. The van der Waals surface area contributed by atoms with Crippen LogP contribution >= 0.6 is 23.1 Å². The zero-order chi connectivity index (χ0) is 18.7. The highest BCUT2D eigenvalue weighted by atomic mass is 32.2. The lowest BCUT2D eigenvalue weighted by Gasteiger charge is -2.10. The molecule has 0 bridgehead atoms. The fourth-order valence-corrected chi connectivity index (χ4v) is 3.77. The van der Waals surface area contributed by atoms with Gasteiger partial charge in [0.25, 0.3) is 0 Å². The molecule has 0 fully saturated rings. The van der Waals surface area contributed by atoms with E-state index in [4.69, 9.17) is 5.73 Å². The molecule has 5 nitrogen and oxygen atoms in total. The number of thiazole rings is 1. The molecule has 3 aromatic rings. The fourth-order valence-electron chi connectivity index (χ4n) is 2.47. The molecule has 3 rings (SSSR count). The van der Waals surface area contributed by atoms with Crippen LogP contribution in [0, 0.1) is 5.82 Å². The van der Waals surface area contributed by atoms with Crippen LogP contribution in [-0.2, 0) is 6.54 Å². The number of halogens is 1. The first-order chi connectivity index (χ1) is 12.5. The monoisotopic (exact) mass is 389 g/mol. The van der Waals surface area contributed by atoms with E-state index in [0.717, 1.165) is 27.0 Å². The van der Waals surface area contributed by atoms with Gasteiger partial charge in [-0.05, 0) is 49.9 Å². The largest absolute Gasteiger partial charge is 0.359 e. The molecular weight excluding hydrogens is 369 g/mol. The molecule has 1 aromatic carbocycles. The summed E-state index contributed by atoms with van der Waals surface area (Å²) in [7, 11) is 0. The van der Waals surface area contributed by atoms with Crippen molar-refractivity contribution in [3.05, 3.63) is 41.8 Å². The van der Waals surface area contributed by atoms with Crippen LogP contribution < -0.4 is 11.1 Å². The number of nitrogens with one attached hydrogen (secondary N) is 1. The standard InChI is InChI=1S/C18H20FN5S2/c1-10(2)22-17-21-9-16(26-17)15-7-14(23-18(24-15)25-3)13-5-4-12(19)6-11(13)8-20/h4-7,9-10H,8,20H2,1-3H3,(H,21,22). The minimum Gasteiger partial charge on any atom is -0.359 e. The molecule has 0 saturated heterocycles. The molecule has 0 unspecified atom stereocenters. The van der Waals surface area contributed by atoms with Crippen molar-refractivity contribution >= 4 is 28.2 Å². The molecule has 136 valence electrons. The van der Waals surface area contributed by atoms with Crippen LogP contribution in [-0.4, -0.2) is 27.2 Å². The maximum absolute atomic E-state index is 13.5. The van der Waals surface area contributed by atoms with Crippen LogP contribution in [0.3, 0.4) is 0 Å². The van der Waals surface area contributed by atoms with Gasteiger partial charge in [-0.15, -0.1) is 0 Å². The van der Waals surface area contributed by atoms with Crippen molar-refractivity contribution in [1.82, 2.24) is 15.0 Å². The van der Waals surface area contributed by atoms with Crippen molar-refractivity contribution in [3.63, 3.8) is 0 Å². The first-order valence-corrected chi connectivity index (χ1v) is 10.2. The zero-order valence-electron chi connectivity index (χ0n) is 14.8. The Hall–Kier alpha value is -2.03. The average molecular weight is 390 g/mol.